The standard InChI is InChI=1S/C18H22N2O4/c1-13(21)18(19,17(22)20-23)11-14-7-9-16(10-8-14)24-12-15-5-3-2-4-6-15/h2-10,13,21,23H,11-12,19H2,1H3,(H,20,22)/t13-,18+/m1/s1. The van der Waals surface area contributed by atoms with Gasteiger partial charge in [0.1, 0.15) is 17.9 Å². The number of hydrogen-bond acceptors (Lipinski definition) is 5. The molecule has 24 heavy (non-hydrogen) atoms. The monoisotopic (exact) mass is 330 g/mol. The van der Waals surface area contributed by atoms with Crippen molar-refractivity contribution in [1.82, 2.24) is 5.48 Å². The molecule has 0 aliphatic rings. The molecule has 0 fully saturated rings. The Hall–Kier alpha value is -2.41. The molecule has 5 N–H and O–H groups in total. The van der Waals surface area contributed by atoms with Gasteiger partial charge in [0.05, 0.1) is 6.10 Å². The minimum atomic E-state index is -1.61. The van der Waals surface area contributed by atoms with E-state index in [1.807, 2.05) is 30.3 Å². The van der Waals surface area contributed by atoms with Gasteiger partial charge in [0.15, 0.2) is 0 Å². The summed E-state index contributed by atoms with van der Waals surface area (Å²) in [6.45, 7) is 1.87. The number of nitrogens with one attached hydrogen (secondary N) is 1. The first-order valence-corrected chi connectivity index (χ1v) is 7.63. The number of carbonyl (C=O) groups is 1. The number of ether oxygens (including phenoxy) is 1. The van der Waals surface area contributed by atoms with Crippen molar-refractivity contribution in [2.45, 2.75) is 31.6 Å². The fourth-order valence-corrected chi connectivity index (χ4v) is 2.30. The van der Waals surface area contributed by atoms with Gasteiger partial charge in [0.2, 0.25) is 0 Å². The van der Waals surface area contributed by atoms with Gasteiger partial charge >= 0.3 is 0 Å². The van der Waals surface area contributed by atoms with Gasteiger partial charge in [-0.2, -0.15) is 0 Å². The Morgan fingerprint density at radius 2 is 1.79 bits per heavy atom. The van der Waals surface area contributed by atoms with Gasteiger partial charge in [-0.05, 0) is 30.2 Å². The second kappa shape index (κ2) is 7.92. The molecule has 128 valence electrons. The van der Waals surface area contributed by atoms with Gasteiger partial charge in [-0.15, -0.1) is 0 Å². The van der Waals surface area contributed by atoms with Crippen LogP contribution in [-0.4, -0.2) is 27.9 Å². The van der Waals surface area contributed by atoms with Gasteiger partial charge in [-0.1, -0.05) is 42.5 Å². The molecule has 0 saturated heterocycles. The SMILES string of the molecule is C[C@@H](O)[C@@](N)(Cc1ccc(OCc2ccccc2)cc1)C(=O)NO. The van der Waals surface area contributed by atoms with Crippen molar-refractivity contribution in [3.05, 3.63) is 65.7 Å². The molecule has 0 radical (unpaired) electrons. The highest BCUT2D eigenvalue weighted by atomic mass is 16.5. The van der Waals surface area contributed by atoms with Crippen LogP contribution in [0.4, 0.5) is 0 Å². The Bertz CT molecular complexity index is 658. The van der Waals surface area contributed by atoms with Crippen LogP contribution in [0.5, 0.6) is 5.75 Å². The minimum Gasteiger partial charge on any atom is -0.489 e. The van der Waals surface area contributed by atoms with E-state index in [4.69, 9.17) is 15.7 Å². The zero-order chi connectivity index (χ0) is 17.6. The average molecular weight is 330 g/mol. The smallest absolute Gasteiger partial charge is 0.266 e. The maximum Gasteiger partial charge on any atom is 0.266 e. The fourth-order valence-electron chi connectivity index (χ4n) is 2.30. The van der Waals surface area contributed by atoms with Crippen molar-refractivity contribution in [2.24, 2.45) is 5.73 Å². The van der Waals surface area contributed by atoms with Crippen LogP contribution in [0.2, 0.25) is 0 Å². The zero-order valence-corrected chi connectivity index (χ0v) is 13.5. The summed E-state index contributed by atoms with van der Waals surface area (Å²) >= 11 is 0. The molecule has 6 nitrogen and oxygen atoms in total. The molecule has 0 aromatic heterocycles. The molecule has 0 bridgehead atoms. The lowest BCUT2D eigenvalue weighted by Crippen LogP contribution is -2.61. The van der Waals surface area contributed by atoms with E-state index in [1.165, 1.54) is 12.4 Å². The van der Waals surface area contributed by atoms with E-state index in [0.717, 1.165) is 11.1 Å². The number of benzene rings is 2. The maximum absolute atomic E-state index is 11.7. The minimum absolute atomic E-state index is 0.0794. The molecule has 6 heteroatoms. The van der Waals surface area contributed by atoms with Crippen LogP contribution < -0.4 is 16.0 Å². The average Bonchev–Trinajstić information content (AvgIpc) is 2.61. The predicted molar refractivity (Wildman–Crippen MR) is 89.4 cm³/mol. The highest BCUT2D eigenvalue weighted by Gasteiger charge is 2.39. The summed E-state index contributed by atoms with van der Waals surface area (Å²) in [5.74, 6) is -0.143. The molecule has 0 spiro atoms. The molecule has 1 amide bonds. The lowest BCUT2D eigenvalue weighted by molar-refractivity contribution is -0.138. The third-order valence-electron chi connectivity index (χ3n) is 3.94. The van der Waals surface area contributed by atoms with Gasteiger partial charge in [0.25, 0.3) is 5.91 Å². The predicted octanol–water partition coefficient (Wildman–Crippen LogP) is 1.39. The molecule has 0 aliphatic carbocycles. The Balaban J connectivity index is 2.02. The third-order valence-corrected chi connectivity index (χ3v) is 3.94. The molecule has 2 aromatic rings. The van der Waals surface area contributed by atoms with E-state index in [2.05, 4.69) is 0 Å². The van der Waals surface area contributed by atoms with Gasteiger partial charge in [0, 0.05) is 6.42 Å². The van der Waals surface area contributed by atoms with E-state index in [1.54, 1.807) is 24.3 Å². The van der Waals surface area contributed by atoms with Crippen LogP contribution in [0.15, 0.2) is 54.6 Å². The summed E-state index contributed by atoms with van der Waals surface area (Å²) < 4.78 is 5.69. The van der Waals surface area contributed by atoms with Crippen LogP contribution in [0.1, 0.15) is 18.1 Å². The van der Waals surface area contributed by atoms with Gasteiger partial charge in [-0.3, -0.25) is 10.0 Å². The van der Waals surface area contributed by atoms with Crippen LogP contribution >= 0.6 is 0 Å². The largest absolute Gasteiger partial charge is 0.489 e. The summed E-state index contributed by atoms with van der Waals surface area (Å²) in [6, 6.07) is 16.9. The molecule has 0 heterocycles. The molecule has 2 rings (SSSR count). The molecular weight excluding hydrogens is 308 g/mol. The fraction of sp³-hybridized carbons (Fsp3) is 0.278. The van der Waals surface area contributed by atoms with Crippen LogP contribution in [-0.2, 0) is 17.8 Å². The molecule has 0 unspecified atom stereocenters. The number of carbonyl (C=O) groups excluding carboxylic acids is 1. The molecule has 2 atom stereocenters. The lowest BCUT2D eigenvalue weighted by Gasteiger charge is -2.30. The van der Waals surface area contributed by atoms with Crippen molar-refractivity contribution in [3.8, 4) is 5.75 Å². The second-order valence-electron chi connectivity index (χ2n) is 5.75. The Kier molecular flexibility index (Phi) is 5.92. The molecular formula is C18H22N2O4. The van der Waals surface area contributed by atoms with E-state index in [9.17, 15) is 9.90 Å². The number of hydrogen-bond donors (Lipinski definition) is 4. The van der Waals surface area contributed by atoms with Crippen LogP contribution in [0, 0.1) is 0 Å². The van der Waals surface area contributed by atoms with E-state index in [0.29, 0.717) is 12.4 Å². The Morgan fingerprint density at radius 3 is 2.33 bits per heavy atom. The summed E-state index contributed by atoms with van der Waals surface area (Å²) in [7, 11) is 0. The van der Waals surface area contributed by atoms with Crippen molar-refractivity contribution in [1.29, 1.82) is 0 Å². The normalized spacial score (nSPS) is 14.5. The molecule has 0 saturated carbocycles. The Labute approximate surface area is 140 Å². The molecule has 2 aromatic carbocycles. The number of amides is 1. The highest BCUT2D eigenvalue weighted by Crippen LogP contribution is 2.19. The van der Waals surface area contributed by atoms with E-state index in [-0.39, 0.29) is 6.42 Å². The van der Waals surface area contributed by atoms with Gasteiger partial charge < -0.3 is 15.6 Å². The summed E-state index contributed by atoms with van der Waals surface area (Å²) in [4.78, 5) is 11.7. The van der Waals surface area contributed by atoms with Crippen LogP contribution in [0.3, 0.4) is 0 Å². The van der Waals surface area contributed by atoms with E-state index < -0.39 is 17.6 Å². The quantitative estimate of drug-likeness (QED) is 0.454. The topological polar surface area (TPSA) is 105 Å². The number of aliphatic hydroxyl groups excluding tert-OH is 1. The second-order valence-corrected chi connectivity index (χ2v) is 5.75. The van der Waals surface area contributed by atoms with Crippen LogP contribution in [0.25, 0.3) is 0 Å². The van der Waals surface area contributed by atoms with Crippen molar-refractivity contribution < 1.29 is 19.8 Å². The number of rotatable bonds is 7. The summed E-state index contributed by atoms with van der Waals surface area (Å²) in [5.41, 5.74) is 7.66. The number of hydroxylamine groups is 1. The zero-order valence-electron chi connectivity index (χ0n) is 13.5. The lowest BCUT2D eigenvalue weighted by atomic mass is 9.86. The summed E-state index contributed by atoms with van der Waals surface area (Å²) in [6.07, 6.45) is -1.05. The number of aliphatic hydroxyl groups is 1. The first kappa shape index (κ1) is 17.9. The Morgan fingerprint density at radius 1 is 1.17 bits per heavy atom. The maximum atomic E-state index is 11.7. The van der Waals surface area contributed by atoms with Crippen molar-refractivity contribution in [3.63, 3.8) is 0 Å². The summed E-state index contributed by atoms with van der Waals surface area (Å²) in [5, 5.41) is 18.6. The van der Waals surface area contributed by atoms with Crippen molar-refractivity contribution >= 4 is 5.91 Å². The molecule has 0 aliphatic heterocycles. The van der Waals surface area contributed by atoms with E-state index >= 15 is 0 Å². The first-order chi connectivity index (χ1) is 11.5. The van der Waals surface area contributed by atoms with Crippen molar-refractivity contribution in [2.75, 3.05) is 0 Å². The highest BCUT2D eigenvalue weighted by molar-refractivity contribution is 5.86. The van der Waals surface area contributed by atoms with Gasteiger partial charge in [-0.25, -0.2) is 5.48 Å². The third kappa shape index (κ3) is 4.32. The number of nitrogens with two attached hydrogens (primary N) is 1. The first-order valence-electron chi connectivity index (χ1n) is 7.63.